The van der Waals surface area contributed by atoms with Crippen LogP contribution in [0.4, 0.5) is 0 Å². The summed E-state index contributed by atoms with van der Waals surface area (Å²) >= 11 is 0. The highest BCUT2D eigenvalue weighted by Crippen LogP contribution is 2.16. The smallest absolute Gasteiger partial charge is 0.178 e. The third-order valence-corrected chi connectivity index (χ3v) is 1.79. The summed E-state index contributed by atoms with van der Waals surface area (Å²) in [6, 6.07) is 6.46. The van der Waals surface area contributed by atoms with Crippen molar-refractivity contribution in [3.63, 3.8) is 0 Å². The van der Waals surface area contributed by atoms with E-state index in [0.717, 1.165) is 18.8 Å². The summed E-state index contributed by atoms with van der Waals surface area (Å²) in [6.45, 7) is 5.03. The lowest BCUT2D eigenvalue weighted by Crippen LogP contribution is -2.00. The summed E-state index contributed by atoms with van der Waals surface area (Å²) in [5.41, 5.74) is 0. The maximum Gasteiger partial charge on any atom is 0.178 e. The third kappa shape index (κ3) is 3.83. The van der Waals surface area contributed by atoms with Crippen LogP contribution in [0.2, 0.25) is 0 Å². The quantitative estimate of drug-likeness (QED) is 0.697. The van der Waals surface area contributed by atoms with Gasteiger partial charge in [0, 0.05) is 0 Å². The second kappa shape index (κ2) is 4.75. The van der Waals surface area contributed by atoms with E-state index in [0.29, 0.717) is 5.92 Å². The SMILES string of the molecule is CC(C)CCOc1ccc([O])cc1. The molecule has 0 aliphatic heterocycles. The van der Waals surface area contributed by atoms with Gasteiger partial charge < -0.3 is 4.74 Å². The number of ether oxygens (including phenoxy) is 1. The zero-order valence-corrected chi connectivity index (χ0v) is 8.12. The van der Waals surface area contributed by atoms with Gasteiger partial charge >= 0.3 is 0 Å². The molecule has 0 atom stereocenters. The van der Waals surface area contributed by atoms with Crippen molar-refractivity contribution >= 4 is 0 Å². The highest BCUT2D eigenvalue weighted by Gasteiger charge is 1.96. The molecule has 0 amide bonds. The summed E-state index contributed by atoms with van der Waals surface area (Å²) in [4.78, 5) is 0. The van der Waals surface area contributed by atoms with Crippen LogP contribution in [0.5, 0.6) is 11.5 Å². The van der Waals surface area contributed by atoms with Crippen molar-refractivity contribution in [3.8, 4) is 11.5 Å². The molecule has 1 radical (unpaired) electrons. The van der Waals surface area contributed by atoms with E-state index >= 15 is 0 Å². The first kappa shape index (κ1) is 9.90. The van der Waals surface area contributed by atoms with E-state index in [1.807, 2.05) is 0 Å². The summed E-state index contributed by atoms with van der Waals surface area (Å²) in [7, 11) is 0. The fourth-order valence-corrected chi connectivity index (χ4v) is 0.948. The number of rotatable bonds is 4. The molecule has 0 saturated carbocycles. The van der Waals surface area contributed by atoms with Crippen molar-refractivity contribution < 1.29 is 9.84 Å². The van der Waals surface area contributed by atoms with Gasteiger partial charge in [-0.05, 0) is 36.6 Å². The van der Waals surface area contributed by atoms with Crippen LogP contribution in [-0.2, 0) is 5.11 Å². The second-order valence-electron chi connectivity index (χ2n) is 3.50. The van der Waals surface area contributed by atoms with Gasteiger partial charge in [-0.2, -0.15) is 0 Å². The van der Waals surface area contributed by atoms with E-state index in [-0.39, 0.29) is 5.75 Å². The van der Waals surface area contributed by atoms with E-state index in [1.165, 1.54) is 12.1 Å². The second-order valence-corrected chi connectivity index (χ2v) is 3.50. The molecule has 0 N–H and O–H groups in total. The molecule has 1 aromatic carbocycles. The van der Waals surface area contributed by atoms with Gasteiger partial charge in [-0.3, -0.25) is 5.11 Å². The molecule has 2 heteroatoms. The van der Waals surface area contributed by atoms with Gasteiger partial charge in [0.1, 0.15) is 5.75 Å². The molecular formula is C11H15O2. The molecule has 0 fully saturated rings. The maximum absolute atomic E-state index is 10.7. The van der Waals surface area contributed by atoms with E-state index in [4.69, 9.17) is 4.74 Å². The largest absolute Gasteiger partial charge is 0.494 e. The Morgan fingerprint density at radius 3 is 2.38 bits per heavy atom. The van der Waals surface area contributed by atoms with E-state index < -0.39 is 0 Å². The summed E-state index contributed by atoms with van der Waals surface area (Å²) < 4.78 is 5.43. The Morgan fingerprint density at radius 1 is 1.23 bits per heavy atom. The molecule has 0 spiro atoms. The van der Waals surface area contributed by atoms with Gasteiger partial charge in [0.05, 0.1) is 6.61 Å². The molecule has 0 aliphatic rings. The van der Waals surface area contributed by atoms with Crippen molar-refractivity contribution in [1.29, 1.82) is 0 Å². The lowest BCUT2D eigenvalue weighted by atomic mass is 10.1. The average molecular weight is 179 g/mol. The molecule has 0 heterocycles. The summed E-state index contributed by atoms with van der Waals surface area (Å²) in [5, 5.41) is 10.7. The minimum Gasteiger partial charge on any atom is -0.494 e. The Kier molecular flexibility index (Phi) is 3.62. The molecule has 1 rings (SSSR count). The maximum atomic E-state index is 10.7. The first-order valence-electron chi connectivity index (χ1n) is 4.58. The number of benzene rings is 1. The van der Waals surface area contributed by atoms with Gasteiger partial charge in [-0.15, -0.1) is 0 Å². The Bertz CT molecular complexity index is 239. The van der Waals surface area contributed by atoms with Crippen LogP contribution in [-0.4, -0.2) is 6.61 Å². The van der Waals surface area contributed by atoms with Crippen molar-refractivity contribution in [1.82, 2.24) is 0 Å². The van der Waals surface area contributed by atoms with Crippen molar-refractivity contribution in [2.45, 2.75) is 20.3 Å². The molecule has 13 heavy (non-hydrogen) atoms. The molecular weight excluding hydrogens is 164 g/mol. The molecule has 0 unspecified atom stereocenters. The Balaban J connectivity index is 2.33. The predicted octanol–water partition coefficient (Wildman–Crippen LogP) is 3.26. The lowest BCUT2D eigenvalue weighted by molar-refractivity contribution is 0.288. The van der Waals surface area contributed by atoms with Crippen LogP contribution in [0.1, 0.15) is 20.3 Å². The fraction of sp³-hybridized carbons (Fsp3) is 0.455. The summed E-state index contributed by atoms with van der Waals surface area (Å²) in [6.07, 6.45) is 1.04. The minimum absolute atomic E-state index is 0.0243. The average Bonchev–Trinajstić information content (AvgIpc) is 2.08. The Morgan fingerprint density at radius 2 is 1.85 bits per heavy atom. The van der Waals surface area contributed by atoms with Crippen LogP contribution in [0.25, 0.3) is 0 Å². The Hall–Kier alpha value is -1.18. The first-order chi connectivity index (χ1) is 6.18. The topological polar surface area (TPSA) is 29.1 Å². The van der Waals surface area contributed by atoms with Gasteiger partial charge in [0.2, 0.25) is 0 Å². The third-order valence-electron chi connectivity index (χ3n) is 1.79. The molecule has 1 aromatic rings. The highest BCUT2D eigenvalue weighted by atomic mass is 16.5. The van der Waals surface area contributed by atoms with Gasteiger partial charge in [-0.25, -0.2) is 0 Å². The molecule has 2 nitrogen and oxygen atoms in total. The highest BCUT2D eigenvalue weighted by molar-refractivity contribution is 5.29. The van der Waals surface area contributed by atoms with Crippen LogP contribution in [0, 0.1) is 5.92 Å². The zero-order valence-electron chi connectivity index (χ0n) is 8.12. The van der Waals surface area contributed by atoms with Gasteiger partial charge in [0.15, 0.2) is 5.75 Å². The van der Waals surface area contributed by atoms with E-state index in [9.17, 15) is 5.11 Å². The molecule has 71 valence electrons. The minimum atomic E-state index is 0.0243. The monoisotopic (exact) mass is 179 g/mol. The van der Waals surface area contributed by atoms with Crippen LogP contribution >= 0.6 is 0 Å². The zero-order chi connectivity index (χ0) is 9.68. The standard InChI is InChI=1S/C11H15O2/c1-9(2)7-8-13-11-5-3-10(12)4-6-11/h3-6,9H,7-8H2,1-2H3. The van der Waals surface area contributed by atoms with Crippen LogP contribution < -0.4 is 4.74 Å². The molecule has 0 bridgehead atoms. The first-order valence-corrected chi connectivity index (χ1v) is 4.58. The van der Waals surface area contributed by atoms with Crippen molar-refractivity contribution in [3.05, 3.63) is 24.3 Å². The van der Waals surface area contributed by atoms with Gasteiger partial charge in [0.25, 0.3) is 0 Å². The fourth-order valence-electron chi connectivity index (χ4n) is 0.948. The van der Waals surface area contributed by atoms with Crippen LogP contribution in [0.3, 0.4) is 0 Å². The molecule has 0 aliphatic carbocycles. The van der Waals surface area contributed by atoms with Gasteiger partial charge in [-0.1, -0.05) is 13.8 Å². The predicted molar refractivity (Wildman–Crippen MR) is 51.5 cm³/mol. The normalized spacial score (nSPS) is 10.4. The lowest BCUT2D eigenvalue weighted by Gasteiger charge is -2.07. The van der Waals surface area contributed by atoms with Crippen LogP contribution in [0.15, 0.2) is 24.3 Å². The molecule has 0 saturated heterocycles. The van der Waals surface area contributed by atoms with Crippen molar-refractivity contribution in [2.75, 3.05) is 6.61 Å². The summed E-state index contributed by atoms with van der Waals surface area (Å²) in [5.74, 6) is 1.45. The van der Waals surface area contributed by atoms with E-state index in [2.05, 4.69) is 13.8 Å². The number of hydrogen-bond acceptors (Lipinski definition) is 1. The number of hydrogen-bond donors (Lipinski definition) is 0. The van der Waals surface area contributed by atoms with Crippen molar-refractivity contribution in [2.24, 2.45) is 5.92 Å². The van der Waals surface area contributed by atoms with E-state index in [1.54, 1.807) is 12.1 Å². The Labute approximate surface area is 79.2 Å². The molecule has 0 aromatic heterocycles.